The van der Waals surface area contributed by atoms with Crippen LogP contribution in [0.25, 0.3) is 0 Å². The summed E-state index contributed by atoms with van der Waals surface area (Å²) in [5.74, 6) is -1.55. The lowest BCUT2D eigenvalue weighted by Gasteiger charge is -2.50. The van der Waals surface area contributed by atoms with Crippen LogP contribution in [0.3, 0.4) is 0 Å². The van der Waals surface area contributed by atoms with Crippen LogP contribution >= 0.6 is 0 Å². The number of esters is 2. The predicted molar refractivity (Wildman–Crippen MR) is 153 cm³/mol. The first-order chi connectivity index (χ1) is 22.2. The molecule has 0 aromatic rings. The summed E-state index contributed by atoms with van der Waals surface area (Å²) in [6, 6.07) is 0. The predicted octanol–water partition coefficient (Wildman–Crippen LogP) is 7.88. The maximum Gasteiger partial charge on any atom is 0.429 e. The molecule has 2 N–H and O–H groups in total. The van der Waals surface area contributed by atoms with Gasteiger partial charge in [-0.15, -0.1) is 0 Å². The van der Waals surface area contributed by atoms with Gasteiger partial charge in [0.25, 0.3) is 11.2 Å². The van der Waals surface area contributed by atoms with Gasteiger partial charge < -0.3 is 24.4 Å². The molecule has 0 amide bonds. The average Bonchev–Trinajstić information content (AvgIpc) is 3.60. The number of ether oxygens (including phenoxy) is 4. The highest BCUT2D eigenvalue weighted by molar-refractivity contribution is 5.76. The Kier molecular flexibility index (Phi) is 14.3. The maximum atomic E-state index is 13.7. The molecular formula is C31H47F11O8. The van der Waals surface area contributed by atoms with Gasteiger partial charge in [-0.3, -0.25) is 14.3 Å². The third-order valence-electron chi connectivity index (χ3n) is 10.1. The molecule has 1 saturated heterocycles. The highest BCUT2D eigenvalue weighted by atomic mass is 19.4. The summed E-state index contributed by atoms with van der Waals surface area (Å²) in [6.45, 7) is 8.49. The number of carbonyl (C=O) groups is 2. The number of hydrogen-bond donors (Lipinski definition) is 2. The van der Waals surface area contributed by atoms with Gasteiger partial charge >= 0.3 is 36.6 Å². The van der Waals surface area contributed by atoms with Crippen LogP contribution in [0.2, 0.25) is 0 Å². The molecule has 2 aliphatic carbocycles. The van der Waals surface area contributed by atoms with Crippen LogP contribution in [0.4, 0.5) is 48.3 Å². The number of carbonyl (C=O) groups excluding carboxylic acids is 2. The van der Waals surface area contributed by atoms with Crippen LogP contribution in [-0.4, -0.2) is 84.1 Å². The maximum absolute atomic E-state index is 13.7. The van der Waals surface area contributed by atoms with Crippen LogP contribution in [0.1, 0.15) is 93.4 Å². The van der Waals surface area contributed by atoms with Gasteiger partial charge in [0.1, 0.15) is 12.2 Å². The largest absolute Gasteiger partial charge is 0.469 e. The highest BCUT2D eigenvalue weighted by Crippen LogP contribution is 2.56. The van der Waals surface area contributed by atoms with Crippen molar-refractivity contribution in [3.8, 4) is 0 Å². The number of alkyl halides is 11. The van der Waals surface area contributed by atoms with Gasteiger partial charge in [0.15, 0.2) is 6.79 Å². The molecule has 19 heteroatoms. The number of hydrogen-bond acceptors (Lipinski definition) is 8. The normalized spacial score (nSPS) is 28.5. The molecule has 1 aliphatic heterocycles. The fraction of sp³-hybridized carbons (Fsp3) is 0.935. The van der Waals surface area contributed by atoms with Crippen LogP contribution in [0.5, 0.6) is 0 Å². The van der Waals surface area contributed by atoms with Crippen molar-refractivity contribution >= 4 is 11.9 Å². The van der Waals surface area contributed by atoms with Gasteiger partial charge in [0.2, 0.25) is 0 Å². The minimum atomic E-state index is -5.79. The topological polar surface area (TPSA) is 112 Å². The van der Waals surface area contributed by atoms with Crippen molar-refractivity contribution in [1.82, 2.24) is 0 Å². The lowest BCUT2D eigenvalue weighted by Crippen LogP contribution is -2.76. The van der Waals surface area contributed by atoms with E-state index in [0.717, 1.165) is 12.8 Å². The molecule has 296 valence electrons. The summed E-state index contributed by atoms with van der Waals surface area (Å²) >= 11 is 0. The first kappa shape index (κ1) is 46.0. The Morgan fingerprint density at radius 2 is 1.30 bits per heavy atom. The van der Waals surface area contributed by atoms with E-state index in [1.807, 2.05) is 20.8 Å². The van der Waals surface area contributed by atoms with Crippen molar-refractivity contribution in [3.05, 3.63) is 0 Å². The molecule has 50 heavy (non-hydrogen) atoms. The van der Waals surface area contributed by atoms with E-state index < -0.39 is 78.6 Å². The molecule has 1 heterocycles. The molecular weight excluding hydrogens is 709 g/mol. The first-order valence-corrected chi connectivity index (χ1v) is 15.8. The smallest absolute Gasteiger partial charge is 0.429 e. The third-order valence-corrected chi connectivity index (χ3v) is 10.1. The summed E-state index contributed by atoms with van der Waals surface area (Å²) < 4.78 is 159. The zero-order valence-electron chi connectivity index (χ0n) is 29.1. The first-order valence-electron chi connectivity index (χ1n) is 15.8. The molecule has 3 aliphatic rings. The molecule has 0 spiro atoms. The van der Waals surface area contributed by atoms with E-state index in [-0.39, 0.29) is 23.2 Å². The van der Waals surface area contributed by atoms with E-state index in [9.17, 15) is 63.0 Å². The summed E-state index contributed by atoms with van der Waals surface area (Å²) in [7, 11) is 1.42. The van der Waals surface area contributed by atoms with Crippen molar-refractivity contribution in [2.45, 2.75) is 135 Å². The lowest BCUT2D eigenvalue weighted by molar-refractivity contribution is -0.493. The molecule has 3 rings (SSSR count). The summed E-state index contributed by atoms with van der Waals surface area (Å²) in [4.78, 5) is 22.7. The van der Waals surface area contributed by atoms with Crippen LogP contribution in [0.15, 0.2) is 0 Å². The minimum Gasteiger partial charge on any atom is -0.469 e. The van der Waals surface area contributed by atoms with Crippen molar-refractivity contribution in [2.24, 2.45) is 28.6 Å². The second-order valence-electron chi connectivity index (χ2n) is 14.4. The van der Waals surface area contributed by atoms with E-state index in [1.165, 1.54) is 21.0 Å². The summed E-state index contributed by atoms with van der Waals surface area (Å²) in [6.07, 6.45) is -19.6. The molecule has 0 aromatic carbocycles. The molecule has 5 unspecified atom stereocenters. The molecule has 2 bridgehead atoms. The van der Waals surface area contributed by atoms with Gasteiger partial charge in [0.05, 0.1) is 17.9 Å². The number of methoxy groups -OCH3 is 1. The third kappa shape index (κ3) is 9.51. The molecule has 0 radical (unpaired) electrons. The molecule has 0 aromatic heterocycles. The molecule has 8 nitrogen and oxygen atoms in total. The van der Waals surface area contributed by atoms with Crippen LogP contribution in [-0.2, 0) is 28.5 Å². The number of fused-ring (bicyclic) bond motifs is 2. The Morgan fingerprint density at radius 1 is 0.820 bits per heavy atom. The summed E-state index contributed by atoms with van der Waals surface area (Å²) in [5.41, 5.74) is -13.5. The van der Waals surface area contributed by atoms with E-state index in [1.54, 1.807) is 6.92 Å². The zero-order chi connectivity index (χ0) is 39.6. The van der Waals surface area contributed by atoms with Crippen molar-refractivity contribution in [3.63, 3.8) is 0 Å². The van der Waals surface area contributed by atoms with Crippen LogP contribution in [0, 0.1) is 28.6 Å². The van der Waals surface area contributed by atoms with E-state index in [0.29, 0.717) is 32.6 Å². The van der Waals surface area contributed by atoms with Gasteiger partial charge in [-0.1, -0.05) is 20.3 Å². The Hall–Kier alpha value is -1.99. The number of rotatable bonds is 8. The monoisotopic (exact) mass is 756 g/mol. The Bertz CT molecular complexity index is 1140. The van der Waals surface area contributed by atoms with E-state index >= 15 is 0 Å². The average molecular weight is 757 g/mol. The van der Waals surface area contributed by atoms with Gasteiger partial charge in [-0.2, -0.15) is 48.3 Å². The van der Waals surface area contributed by atoms with Crippen LogP contribution < -0.4 is 0 Å². The quantitative estimate of drug-likeness (QED) is 0.190. The molecule has 5 atom stereocenters. The van der Waals surface area contributed by atoms with Gasteiger partial charge in [-0.05, 0) is 90.9 Å². The number of aliphatic hydroxyl groups is 2. The minimum absolute atomic E-state index is 0.0915. The Labute approximate surface area is 283 Å². The standard InChI is InChI=1S/C13H19F5O5.C11H14F6O.C7H14O2/c1-5-9(2,3)8(19)21-6-10(4)11(20,12(14,15)16)13(17,18)23-7-22-10;12-10(13,14)9(18,11(15,16)17)5-8-4-6-1-2-7(8)3-6;1-5-7(2,3)6(8)9-4/h20H,5-7H2,1-4H3;6-8,18H,1-5H2;5H2,1-4H3. The highest BCUT2D eigenvalue weighted by Gasteiger charge is 2.81. The fourth-order valence-electron chi connectivity index (χ4n) is 5.72. The lowest BCUT2D eigenvalue weighted by atomic mass is 9.79. The van der Waals surface area contributed by atoms with Gasteiger partial charge in [-0.25, -0.2) is 0 Å². The zero-order valence-corrected chi connectivity index (χ0v) is 29.1. The van der Waals surface area contributed by atoms with Gasteiger partial charge in [0, 0.05) is 0 Å². The SMILES string of the molecule is CCC(C)(C)C(=O)OC.CCC(C)(C)C(=O)OCC1(C)OCOC(F)(F)C1(O)C(F)(F)F.OC(CC1CC2CCC1C2)(C(F)(F)F)C(F)(F)F. The van der Waals surface area contributed by atoms with E-state index in [4.69, 9.17) is 9.84 Å². The Morgan fingerprint density at radius 3 is 1.64 bits per heavy atom. The molecule has 3 fully saturated rings. The fourth-order valence-corrected chi connectivity index (χ4v) is 5.72. The molecule has 2 saturated carbocycles. The Balaban J connectivity index is 0.000000410. The second kappa shape index (κ2) is 15.5. The van der Waals surface area contributed by atoms with Crippen molar-refractivity contribution in [1.29, 1.82) is 0 Å². The second-order valence-corrected chi connectivity index (χ2v) is 14.4. The number of halogens is 11. The summed E-state index contributed by atoms with van der Waals surface area (Å²) in [5, 5.41) is 18.8. The van der Waals surface area contributed by atoms with Crippen molar-refractivity contribution in [2.75, 3.05) is 20.5 Å². The van der Waals surface area contributed by atoms with Crippen molar-refractivity contribution < 1.29 is 87.0 Å². The van der Waals surface area contributed by atoms with E-state index in [2.05, 4.69) is 14.2 Å².